The van der Waals surface area contributed by atoms with Crippen molar-refractivity contribution in [3.8, 4) is 0 Å². The van der Waals surface area contributed by atoms with E-state index in [4.69, 9.17) is 9.47 Å². The van der Waals surface area contributed by atoms with E-state index in [-0.39, 0.29) is 11.4 Å². The van der Waals surface area contributed by atoms with Crippen LogP contribution in [0.1, 0.15) is 17.5 Å². The van der Waals surface area contributed by atoms with Crippen molar-refractivity contribution in [3.05, 3.63) is 65.7 Å². The van der Waals surface area contributed by atoms with E-state index in [1.165, 1.54) is 6.07 Å². The summed E-state index contributed by atoms with van der Waals surface area (Å²) < 4.78 is 25.8. The summed E-state index contributed by atoms with van der Waals surface area (Å²) in [4.78, 5) is 6.27. The maximum atomic E-state index is 13.8. The summed E-state index contributed by atoms with van der Waals surface area (Å²) in [5, 5.41) is 0. The topological polar surface area (TPSA) is 34.6 Å². The second kappa shape index (κ2) is 7.20. The van der Waals surface area contributed by atoms with Crippen LogP contribution in [-0.4, -0.2) is 41.8 Å². The van der Waals surface area contributed by atoms with Crippen molar-refractivity contribution in [2.75, 3.05) is 26.3 Å². The van der Waals surface area contributed by atoms with Crippen LogP contribution >= 0.6 is 0 Å². The number of hydrogen-bond donors (Lipinski definition) is 0. The van der Waals surface area contributed by atoms with Crippen molar-refractivity contribution in [2.45, 2.75) is 25.2 Å². The summed E-state index contributed by atoms with van der Waals surface area (Å²) in [5.41, 5.74) is 1.78. The second-order valence-corrected chi connectivity index (χ2v) is 7.01. The maximum Gasteiger partial charge on any atom is 0.127 e. The van der Waals surface area contributed by atoms with E-state index in [0.717, 1.165) is 37.2 Å². The monoisotopic (exact) mass is 342 g/mol. The molecule has 0 amide bonds. The summed E-state index contributed by atoms with van der Waals surface area (Å²) in [6.07, 6.45) is 4.60. The Bertz CT molecular complexity index is 704. The van der Waals surface area contributed by atoms with Gasteiger partial charge in [0.05, 0.1) is 18.8 Å². The lowest BCUT2D eigenvalue weighted by Gasteiger charge is -2.50. The van der Waals surface area contributed by atoms with Gasteiger partial charge in [-0.25, -0.2) is 4.39 Å². The molecule has 25 heavy (non-hydrogen) atoms. The molecular formula is C20H23FN2O2. The summed E-state index contributed by atoms with van der Waals surface area (Å²) >= 11 is 0. The summed E-state index contributed by atoms with van der Waals surface area (Å²) in [6, 6.07) is 10.9. The van der Waals surface area contributed by atoms with Gasteiger partial charge < -0.3 is 9.47 Å². The SMILES string of the molecule is Fc1ccccc1CN1CC2(C1)OCC[C@@H]2COCc1ccncc1. The minimum absolute atomic E-state index is 0.108. The molecule has 2 aliphatic heterocycles. The molecule has 2 aliphatic rings. The van der Waals surface area contributed by atoms with Crippen LogP contribution in [0.5, 0.6) is 0 Å². The number of aromatic nitrogens is 1. The molecule has 3 heterocycles. The molecule has 2 saturated heterocycles. The summed E-state index contributed by atoms with van der Waals surface area (Å²) in [5.74, 6) is 0.277. The summed E-state index contributed by atoms with van der Waals surface area (Å²) in [7, 11) is 0. The predicted octanol–water partition coefficient (Wildman–Crippen LogP) is 3.03. The highest BCUT2D eigenvalue weighted by atomic mass is 19.1. The average Bonchev–Trinajstić information content (AvgIpc) is 3.01. The first kappa shape index (κ1) is 16.6. The van der Waals surface area contributed by atoms with Crippen LogP contribution in [0, 0.1) is 11.7 Å². The van der Waals surface area contributed by atoms with Gasteiger partial charge in [-0.15, -0.1) is 0 Å². The Morgan fingerprint density at radius 2 is 2.00 bits per heavy atom. The first-order valence-electron chi connectivity index (χ1n) is 8.81. The fourth-order valence-corrected chi connectivity index (χ4v) is 3.86. The van der Waals surface area contributed by atoms with E-state index in [9.17, 15) is 4.39 Å². The van der Waals surface area contributed by atoms with E-state index in [2.05, 4.69) is 9.88 Å². The Labute approximate surface area is 147 Å². The lowest BCUT2D eigenvalue weighted by atomic mass is 9.81. The van der Waals surface area contributed by atoms with Crippen molar-refractivity contribution >= 4 is 0 Å². The number of hydrogen-bond acceptors (Lipinski definition) is 4. The molecule has 0 aliphatic carbocycles. The van der Waals surface area contributed by atoms with Crippen molar-refractivity contribution in [1.82, 2.24) is 9.88 Å². The Morgan fingerprint density at radius 3 is 2.80 bits per heavy atom. The molecule has 0 N–H and O–H groups in total. The number of ether oxygens (including phenoxy) is 2. The Kier molecular flexibility index (Phi) is 4.79. The lowest BCUT2D eigenvalue weighted by Crippen LogP contribution is -2.64. The van der Waals surface area contributed by atoms with Gasteiger partial charge in [0.15, 0.2) is 0 Å². The number of likely N-dealkylation sites (tertiary alicyclic amines) is 1. The molecular weight excluding hydrogens is 319 g/mol. The number of pyridine rings is 1. The van der Waals surface area contributed by atoms with Crippen LogP contribution in [0.4, 0.5) is 4.39 Å². The molecule has 0 saturated carbocycles. The number of benzene rings is 1. The van der Waals surface area contributed by atoms with Crippen molar-refractivity contribution in [3.63, 3.8) is 0 Å². The smallest absolute Gasteiger partial charge is 0.127 e. The van der Waals surface area contributed by atoms with E-state index in [1.54, 1.807) is 18.5 Å². The zero-order chi connectivity index (χ0) is 17.1. The molecule has 132 valence electrons. The van der Waals surface area contributed by atoms with Gasteiger partial charge >= 0.3 is 0 Å². The van der Waals surface area contributed by atoms with Crippen LogP contribution in [0.15, 0.2) is 48.8 Å². The van der Waals surface area contributed by atoms with E-state index in [0.29, 0.717) is 25.7 Å². The maximum absolute atomic E-state index is 13.8. The fraction of sp³-hybridized carbons (Fsp3) is 0.450. The van der Waals surface area contributed by atoms with Gasteiger partial charge in [-0.05, 0) is 30.2 Å². The number of halogens is 1. The Hall–Kier alpha value is -1.82. The molecule has 0 unspecified atom stereocenters. The standard InChI is InChI=1S/C20H23FN2O2/c21-19-4-2-1-3-17(19)11-23-14-20(15-23)18(7-10-25-20)13-24-12-16-5-8-22-9-6-16/h1-6,8-9,18H,7,10-15H2/t18-/m1/s1. The third-order valence-corrected chi connectivity index (χ3v) is 5.27. The zero-order valence-electron chi connectivity index (χ0n) is 14.2. The first-order chi connectivity index (χ1) is 12.3. The van der Waals surface area contributed by atoms with E-state index in [1.807, 2.05) is 24.3 Å². The van der Waals surface area contributed by atoms with Gasteiger partial charge in [0.1, 0.15) is 5.82 Å². The molecule has 1 atom stereocenters. The van der Waals surface area contributed by atoms with Crippen LogP contribution in [0.25, 0.3) is 0 Å². The van der Waals surface area contributed by atoms with Gasteiger partial charge in [-0.2, -0.15) is 0 Å². The van der Waals surface area contributed by atoms with Crippen LogP contribution in [0.3, 0.4) is 0 Å². The number of rotatable bonds is 6. The van der Waals surface area contributed by atoms with E-state index < -0.39 is 0 Å². The van der Waals surface area contributed by atoms with Gasteiger partial charge in [0, 0.05) is 50.1 Å². The van der Waals surface area contributed by atoms with Gasteiger partial charge in [-0.1, -0.05) is 18.2 Å². The Morgan fingerprint density at radius 1 is 1.20 bits per heavy atom. The quantitative estimate of drug-likeness (QED) is 0.808. The highest BCUT2D eigenvalue weighted by molar-refractivity contribution is 5.18. The van der Waals surface area contributed by atoms with Crippen molar-refractivity contribution in [2.24, 2.45) is 5.92 Å². The van der Waals surface area contributed by atoms with Gasteiger partial charge in [0.2, 0.25) is 0 Å². The van der Waals surface area contributed by atoms with Gasteiger partial charge in [-0.3, -0.25) is 9.88 Å². The molecule has 5 heteroatoms. The highest BCUT2D eigenvalue weighted by Gasteiger charge is 2.52. The lowest BCUT2D eigenvalue weighted by molar-refractivity contribution is -0.146. The molecule has 2 fully saturated rings. The van der Waals surface area contributed by atoms with Crippen LogP contribution in [0.2, 0.25) is 0 Å². The third-order valence-electron chi connectivity index (χ3n) is 5.27. The van der Waals surface area contributed by atoms with E-state index >= 15 is 0 Å². The first-order valence-corrected chi connectivity index (χ1v) is 8.81. The molecule has 4 nitrogen and oxygen atoms in total. The molecule has 1 aromatic carbocycles. The molecule has 1 aromatic heterocycles. The normalized spacial score (nSPS) is 22.2. The average molecular weight is 342 g/mol. The molecule has 0 bridgehead atoms. The van der Waals surface area contributed by atoms with Crippen LogP contribution < -0.4 is 0 Å². The second-order valence-electron chi connectivity index (χ2n) is 7.01. The predicted molar refractivity (Wildman–Crippen MR) is 92.4 cm³/mol. The van der Waals surface area contributed by atoms with Crippen molar-refractivity contribution < 1.29 is 13.9 Å². The zero-order valence-corrected chi connectivity index (χ0v) is 14.2. The largest absolute Gasteiger partial charge is 0.376 e. The molecule has 2 aromatic rings. The highest BCUT2D eigenvalue weighted by Crippen LogP contribution is 2.40. The third kappa shape index (κ3) is 3.59. The molecule has 1 spiro atoms. The summed E-state index contributed by atoms with van der Waals surface area (Å²) in [6.45, 7) is 4.44. The number of nitrogens with zero attached hydrogens (tertiary/aromatic N) is 2. The minimum Gasteiger partial charge on any atom is -0.376 e. The fourth-order valence-electron chi connectivity index (χ4n) is 3.86. The molecule has 4 rings (SSSR count). The molecule has 0 radical (unpaired) electrons. The van der Waals surface area contributed by atoms with Crippen molar-refractivity contribution in [1.29, 1.82) is 0 Å². The van der Waals surface area contributed by atoms with Crippen LogP contribution in [-0.2, 0) is 22.6 Å². The Balaban J connectivity index is 1.28. The minimum atomic E-state index is -0.131. The van der Waals surface area contributed by atoms with Gasteiger partial charge in [0.25, 0.3) is 0 Å².